The topological polar surface area (TPSA) is 66.7 Å². The zero-order valence-corrected chi connectivity index (χ0v) is 18.7. The summed E-state index contributed by atoms with van der Waals surface area (Å²) in [5.74, 6) is 1.35. The van der Waals surface area contributed by atoms with Crippen molar-refractivity contribution in [3.8, 4) is 0 Å². The van der Waals surface area contributed by atoms with E-state index in [1.807, 2.05) is 29.2 Å². The summed E-state index contributed by atoms with van der Waals surface area (Å²) in [7, 11) is 0. The fourth-order valence-corrected chi connectivity index (χ4v) is 5.24. The highest BCUT2D eigenvalue weighted by Gasteiger charge is 2.32. The third-order valence-corrected chi connectivity index (χ3v) is 6.50. The van der Waals surface area contributed by atoms with Crippen molar-refractivity contribution in [1.29, 1.82) is 0 Å². The number of nitrogens with zero attached hydrogens (tertiary/aromatic N) is 3. The molecule has 2 aromatic rings. The first kappa shape index (κ1) is 22.6. The van der Waals surface area contributed by atoms with Crippen LogP contribution in [-0.4, -0.2) is 46.0 Å². The number of carbonyl (C=O) groups excluding carboxylic acids is 1. The van der Waals surface area contributed by atoms with Crippen LogP contribution in [0.2, 0.25) is 5.02 Å². The highest BCUT2D eigenvalue weighted by molar-refractivity contribution is 7.99. The van der Waals surface area contributed by atoms with E-state index in [1.54, 1.807) is 23.9 Å². The Hall–Kier alpha value is -2.09. The lowest BCUT2D eigenvalue weighted by Gasteiger charge is -2.29. The summed E-state index contributed by atoms with van der Waals surface area (Å²) in [4.78, 5) is 27.7. The summed E-state index contributed by atoms with van der Waals surface area (Å²) in [5, 5.41) is 11.5. The van der Waals surface area contributed by atoms with E-state index in [0.29, 0.717) is 30.6 Å². The second-order valence-electron chi connectivity index (χ2n) is 7.82. The number of amides is 1. The fourth-order valence-electron chi connectivity index (χ4n) is 3.62. The van der Waals surface area contributed by atoms with Gasteiger partial charge in [-0.3, -0.25) is 19.8 Å². The van der Waals surface area contributed by atoms with Gasteiger partial charge in [-0.25, -0.2) is 0 Å². The number of hydrogen-bond donors (Lipinski definition) is 0. The number of benzene rings is 2. The monoisotopic (exact) mass is 447 g/mol. The Morgan fingerprint density at radius 3 is 2.60 bits per heavy atom. The van der Waals surface area contributed by atoms with Gasteiger partial charge in [0.25, 0.3) is 5.69 Å². The number of thioether (sulfide) groups is 1. The quantitative estimate of drug-likeness (QED) is 0.421. The van der Waals surface area contributed by atoms with Crippen molar-refractivity contribution >= 4 is 35.0 Å². The molecule has 3 rings (SSSR count). The molecule has 0 aromatic heterocycles. The van der Waals surface area contributed by atoms with Crippen LogP contribution in [0, 0.1) is 16.0 Å². The van der Waals surface area contributed by atoms with Crippen molar-refractivity contribution in [3.05, 3.63) is 74.8 Å². The van der Waals surface area contributed by atoms with Gasteiger partial charge in [0.2, 0.25) is 5.91 Å². The van der Waals surface area contributed by atoms with Crippen LogP contribution in [0.1, 0.15) is 30.3 Å². The SMILES string of the molecule is CC(C)CN(CC(=O)N1CCS[C@@H]1c1ccccc1Cl)Cc1ccc([N+](=O)[O-])cc1. The zero-order chi connectivity index (χ0) is 21.7. The molecule has 0 N–H and O–H groups in total. The Balaban J connectivity index is 1.71. The van der Waals surface area contributed by atoms with E-state index in [2.05, 4.69) is 18.7 Å². The van der Waals surface area contributed by atoms with Crippen LogP contribution in [0.3, 0.4) is 0 Å². The smallest absolute Gasteiger partial charge is 0.269 e. The molecule has 1 saturated heterocycles. The average molecular weight is 448 g/mol. The van der Waals surface area contributed by atoms with Crippen molar-refractivity contribution in [1.82, 2.24) is 9.80 Å². The summed E-state index contributed by atoms with van der Waals surface area (Å²) in [6.45, 7) is 6.57. The van der Waals surface area contributed by atoms with Crippen molar-refractivity contribution in [2.24, 2.45) is 5.92 Å². The third-order valence-electron chi connectivity index (χ3n) is 4.92. The highest BCUT2D eigenvalue weighted by atomic mass is 35.5. The molecular formula is C22H26ClN3O3S. The molecule has 0 unspecified atom stereocenters. The molecule has 6 nitrogen and oxygen atoms in total. The number of nitro benzene ring substituents is 1. The standard InChI is InChI=1S/C22H26ClN3O3S/c1-16(2)13-24(14-17-7-9-18(10-8-17)26(28)29)15-21(27)25-11-12-30-22(25)19-5-3-4-6-20(19)23/h3-10,16,22H,11-15H2,1-2H3/t22-/m1/s1. The van der Waals surface area contributed by atoms with Crippen LogP contribution in [0.15, 0.2) is 48.5 Å². The van der Waals surface area contributed by atoms with Gasteiger partial charge in [0.15, 0.2) is 0 Å². The van der Waals surface area contributed by atoms with Crippen molar-refractivity contribution in [3.63, 3.8) is 0 Å². The van der Waals surface area contributed by atoms with Crippen LogP contribution < -0.4 is 0 Å². The lowest BCUT2D eigenvalue weighted by molar-refractivity contribution is -0.384. The molecule has 30 heavy (non-hydrogen) atoms. The van der Waals surface area contributed by atoms with Gasteiger partial charge in [-0.2, -0.15) is 0 Å². The van der Waals surface area contributed by atoms with Crippen molar-refractivity contribution in [2.75, 3.05) is 25.4 Å². The molecule has 1 aliphatic heterocycles. The molecule has 2 aromatic carbocycles. The summed E-state index contributed by atoms with van der Waals surface area (Å²) in [6, 6.07) is 14.2. The van der Waals surface area contributed by atoms with E-state index in [4.69, 9.17) is 11.6 Å². The van der Waals surface area contributed by atoms with Gasteiger partial charge in [-0.15, -0.1) is 11.8 Å². The van der Waals surface area contributed by atoms with E-state index in [-0.39, 0.29) is 17.0 Å². The molecule has 1 atom stereocenters. The van der Waals surface area contributed by atoms with Gasteiger partial charge in [0.1, 0.15) is 5.37 Å². The molecule has 160 valence electrons. The van der Waals surface area contributed by atoms with Crippen LogP contribution in [-0.2, 0) is 11.3 Å². The Bertz CT molecular complexity index is 891. The maximum Gasteiger partial charge on any atom is 0.269 e. The van der Waals surface area contributed by atoms with E-state index >= 15 is 0 Å². The molecule has 0 bridgehead atoms. The Morgan fingerprint density at radius 2 is 1.97 bits per heavy atom. The Labute approximate surface area is 186 Å². The first-order valence-corrected chi connectivity index (χ1v) is 11.4. The molecule has 1 heterocycles. The number of rotatable bonds is 8. The van der Waals surface area contributed by atoms with Crippen molar-refractivity contribution in [2.45, 2.75) is 25.8 Å². The number of nitro groups is 1. The minimum Gasteiger partial charge on any atom is -0.325 e. The van der Waals surface area contributed by atoms with E-state index in [9.17, 15) is 14.9 Å². The first-order valence-electron chi connectivity index (χ1n) is 9.96. The number of hydrogen-bond acceptors (Lipinski definition) is 5. The summed E-state index contributed by atoms with van der Waals surface area (Å²) < 4.78 is 0. The highest BCUT2D eigenvalue weighted by Crippen LogP contribution is 2.40. The van der Waals surface area contributed by atoms with Crippen LogP contribution in [0.4, 0.5) is 5.69 Å². The average Bonchev–Trinajstić information content (AvgIpc) is 3.18. The first-order chi connectivity index (χ1) is 14.3. The molecule has 1 amide bonds. The van der Waals surface area contributed by atoms with Gasteiger partial charge < -0.3 is 4.90 Å². The van der Waals surface area contributed by atoms with Gasteiger partial charge in [0, 0.05) is 48.1 Å². The molecule has 0 aliphatic carbocycles. The number of non-ortho nitro benzene ring substituents is 1. The van der Waals surface area contributed by atoms with E-state index in [1.165, 1.54) is 12.1 Å². The van der Waals surface area contributed by atoms with Crippen LogP contribution in [0.5, 0.6) is 0 Å². The molecule has 1 aliphatic rings. The minimum absolute atomic E-state index is 0.0634. The Kier molecular flexibility index (Phi) is 7.75. The lowest BCUT2D eigenvalue weighted by Crippen LogP contribution is -2.41. The van der Waals surface area contributed by atoms with Crippen LogP contribution >= 0.6 is 23.4 Å². The van der Waals surface area contributed by atoms with Crippen LogP contribution in [0.25, 0.3) is 0 Å². The maximum atomic E-state index is 13.2. The normalized spacial score (nSPS) is 16.4. The predicted molar refractivity (Wildman–Crippen MR) is 122 cm³/mol. The summed E-state index contributed by atoms with van der Waals surface area (Å²) in [6.07, 6.45) is 0. The minimum atomic E-state index is -0.404. The van der Waals surface area contributed by atoms with Gasteiger partial charge in [-0.1, -0.05) is 55.8 Å². The van der Waals surface area contributed by atoms with Crippen molar-refractivity contribution < 1.29 is 9.72 Å². The molecule has 1 fully saturated rings. The fraction of sp³-hybridized carbons (Fsp3) is 0.409. The molecule has 0 radical (unpaired) electrons. The number of halogens is 1. The molecule has 0 saturated carbocycles. The maximum absolute atomic E-state index is 13.2. The summed E-state index contributed by atoms with van der Waals surface area (Å²) >= 11 is 8.12. The van der Waals surface area contributed by atoms with E-state index in [0.717, 1.165) is 23.4 Å². The largest absolute Gasteiger partial charge is 0.325 e. The summed E-state index contributed by atoms with van der Waals surface area (Å²) in [5.41, 5.74) is 2.00. The number of carbonyl (C=O) groups is 1. The molecule has 8 heteroatoms. The lowest BCUT2D eigenvalue weighted by atomic mass is 10.1. The zero-order valence-electron chi connectivity index (χ0n) is 17.2. The van der Waals surface area contributed by atoms with Gasteiger partial charge in [0.05, 0.1) is 11.5 Å². The second kappa shape index (κ2) is 10.3. The third kappa shape index (κ3) is 5.74. The Morgan fingerprint density at radius 1 is 1.27 bits per heavy atom. The second-order valence-corrected chi connectivity index (χ2v) is 9.41. The van der Waals surface area contributed by atoms with E-state index < -0.39 is 4.92 Å². The molecule has 0 spiro atoms. The molecular weight excluding hydrogens is 422 g/mol. The predicted octanol–water partition coefficient (Wildman–Crippen LogP) is 4.98. The van der Waals surface area contributed by atoms with Gasteiger partial charge in [-0.05, 0) is 17.5 Å². The van der Waals surface area contributed by atoms with Gasteiger partial charge >= 0.3 is 0 Å².